The zero-order valence-corrected chi connectivity index (χ0v) is 11.0. The number of halogens is 2. The van der Waals surface area contributed by atoms with Crippen LogP contribution in [-0.2, 0) is 6.42 Å². The molecular weight excluding hydrogens is 220 g/mol. The van der Waals surface area contributed by atoms with E-state index in [1.54, 1.807) is 0 Å². The van der Waals surface area contributed by atoms with Gasteiger partial charge >= 0.3 is 0 Å². The number of hydrogen-bond donors (Lipinski definition) is 1. The smallest absolute Gasteiger partial charge is 0.126 e. The topological polar surface area (TPSA) is 12.0 Å². The van der Waals surface area contributed by atoms with Crippen LogP contribution in [0.4, 0.5) is 8.78 Å². The van der Waals surface area contributed by atoms with Gasteiger partial charge in [0, 0.05) is 6.04 Å². The molecule has 1 N–H and O–H groups in total. The van der Waals surface area contributed by atoms with Crippen LogP contribution in [-0.4, -0.2) is 12.6 Å². The Hall–Kier alpha value is -0.960. The maximum absolute atomic E-state index is 13.6. The average molecular weight is 241 g/mol. The quantitative estimate of drug-likeness (QED) is 0.850. The fourth-order valence-corrected chi connectivity index (χ4v) is 1.85. The van der Waals surface area contributed by atoms with Crippen molar-refractivity contribution < 1.29 is 8.78 Å². The van der Waals surface area contributed by atoms with Crippen molar-refractivity contribution in [3.63, 3.8) is 0 Å². The lowest BCUT2D eigenvalue weighted by molar-refractivity contribution is 0.268. The van der Waals surface area contributed by atoms with Crippen LogP contribution < -0.4 is 5.32 Å². The first kappa shape index (κ1) is 14.1. The van der Waals surface area contributed by atoms with Crippen molar-refractivity contribution in [3.05, 3.63) is 35.4 Å². The number of hydrogen-bond acceptors (Lipinski definition) is 1. The first-order valence-electron chi connectivity index (χ1n) is 6.02. The fourth-order valence-electron chi connectivity index (χ4n) is 1.85. The Balaban J connectivity index is 2.89. The van der Waals surface area contributed by atoms with Gasteiger partial charge in [0.1, 0.15) is 11.6 Å². The van der Waals surface area contributed by atoms with Crippen molar-refractivity contribution >= 4 is 0 Å². The predicted octanol–water partition coefficient (Wildman–Crippen LogP) is 3.53. The SMILES string of the molecule is CCNC(Cc1cc(F)ccc1F)C(C)(C)C. The van der Waals surface area contributed by atoms with Crippen LogP contribution in [0.2, 0.25) is 0 Å². The molecule has 1 nitrogen and oxygen atoms in total. The van der Waals surface area contributed by atoms with Gasteiger partial charge in [0.15, 0.2) is 0 Å². The summed E-state index contributed by atoms with van der Waals surface area (Å²) in [5.74, 6) is -0.718. The molecule has 1 aromatic carbocycles. The molecule has 17 heavy (non-hydrogen) atoms. The van der Waals surface area contributed by atoms with Crippen LogP contribution in [0.5, 0.6) is 0 Å². The minimum Gasteiger partial charge on any atom is -0.313 e. The maximum Gasteiger partial charge on any atom is 0.126 e. The van der Waals surface area contributed by atoms with Crippen LogP contribution in [0.1, 0.15) is 33.3 Å². The molecule has 0 aliphatic heterocycles. The Morgan fingerprint density at radius 3 is 2.41 bits per heavy atom. The third-order valence-corrected chi connectivity index (χ3v) is 2.93. The zero-order chi connectivity index (χ0) is 13.1. The summed E-state index contributed by atoms with van der Waals surface area (Å²) in [6.45, 7) is 9.12. The van der Waals surface area contributed by atoms with E-state index in [0.29, 0.717) is 12.0 Å². The zero-order valence-electron chi connectivity index (χ0n) is 11.0. The molecule has 0 saturated heterocycles. The molecule has 0 radical (unpaired) electrons. The molecule has 0 bridgehead atoms. The second-order valence-corrected chi connectivity index (χ2v) is 5.42. The molecule has 0 fully saturated rings. The number of likely N-dealkylation sites (N-methyl/N-ethyl adjacent to an activating group) is 1. The second kappa shape index (κ2) is 5.58. The Morgan fingerprint density at radius 1 is 1.24 bits per heavy atom. The van der Waals surface area contributed by atoms with E-state index in [0.717, 1.165) is 12.6 Å². The van der Waals surface area contributed by atoms with Crippen molar-refractivity contribution in [3.8, 4) is 0 Å². The first-order valence-corrected chi connectivity index (χ1v) is 6.02. The largest absolute Gasteiger partial charge is 0.313 e. The van der Waals surface area contributed by atoms with Gasteiger partial charge in [0.25, 0.3) is 0 Å². The standard InChI is InChI=1S/C14H21F2N/c1-5-17-13(14(2,3)4)9-10-8-11(15)6-7-12(10)16/h6-8,13,17H,5,9H2,1-4H3. The van der Waals surface area contributed by atoms with Crippen LogP contribution >= 0.6 is 0 Å². The molecule has 0 spiro atoms. The van der Waals surface area contributed by atoms with E-state index in [1.165, 1.54) is 12.1 Å². The van der Waals surface area contributed by atoms with Crippen LogP contribution in [0.25, 0.3) is 0 Å². The summed E-state index contributed by atoms with van der Waals surface area (Å²) in [5, 5.41) is 3.33. The summed E-state index contributed by atoms with van der Waals surface area (Å²) in [6.07, 6.45) is 0.501. The van der Waals surface area contributed by atoms with Crippen LogP contribution in [0.3, 0.4) is 0 Å². The lowest BCUT2D eigenvalue weighted by atomic mass is 9.83. The normalized spacial score (nSPS) is 13.8. The summed E-state index contributed by atoms with van der Waals surface area (Å²) in [4.78, 5) is 0. The van der Waals surface area contributed by atoms with Gasteiger partial charge < -0.3 is 5.32 Å². The summed E-state index contributed by atoms with van der Waals surface area (Å²) in [6, 6.07) is 3.75. The van der Waals surface area contributed by atoms with Gasteiger partial charge in [-0.25, -0.2) is 8.78 Å². The Kier molecular flexibility index (Phi) is 4.63. The minimum atomic E-state index is -0.384. The molecule has 0 aliphatic carbocycles. The van der Waals surface area contributed by atoms with Crippen molar-refractivity contribution in [2.75, 3.05) is 6.54 Å². The first-order chi connectivity index (χ1) is 7.84. The molecule has 1 aromatic rings. The number of benzene rings is 1. The van der Waals surface area contributed by atoms with Gasteiger partial charge in [-0.3, -0.25) is 0 Å². The molecule has 1 rings (SSSR count). The van der Waals surface area contributed by atoms with Gasteiger partial charge in [-0.15, -0.1) is 0 Å². The molecule has 0 heterocycles. The average Bonchev–Trinajstić information content (AvgIpc) is 2.21. The highest BCUT2D eigenvalue weighted by atomic mass is 19.1. The van der Waals surface area contributed by atoms with Crippen LogP contribution in [0, 0.1) is 17.0 Å². The predicted molar refractivity (Wildman–Crippen MR) is 67.0 cm³/mol. The molecule has 96 valence electrons. The van der Waals surface area contributed by atoms with Gasteiger partial charge in [0.2, 0.25) is 0 Å². The van der Waals surface area contributed by atoms with E-state index < -0.39 is 0 Å². The molecule has 3 heteroatoms. The van der Waals surface area contributed by atoms with Crippen molar-refractivity contribution in [2.45, 2.75) is 40.2 Å². The van der Waals surface area contributed by atoms with E-state index >= 15 is 0 Å². The van der Waals surface area contributed by atoms with Crippen LogP contribution in [0.15, 0.2) is 18.2 Å². The van der Waals surface area contributed by atoms with Gasteiger partial charge in [0.05, 0.1) is 0 Å². The molecule has 1 atom stereocenters. The lowest BCUT2D eigenvalue weighted by Gasteiger charge is -2.31. The molecule has 0 aromatic heterocycles. The van der Waals surface area contributed by atoms with E-state index in [2.05, 4.69) is 26.1 Å². The summed E-state index contributed by atoms with van der Waals surface area (Å²) >= 11 is 0. The molecule has 0 aliphatic rings. The Bertz CT molecular complexity index is 369. The van der Waals surface area contributed by atoms with E-state index in [-0.39, 0.29) is 23.1 Å². The third-order valence-electron chi connectivity index (χ3n) is 2.93. The highest BCUT2D eigenvalue weighted by Crippen LogP contribution is 2.24. The molecule has 0 saturated carbocycles. The van der Waals surface area contributed by atoms with Gasteiger partial charge in [-0.2, -0.15) is 0 Å². The molecule has 0 amide bonds. The van der Waals surface area contributed by atoms with E-state index in [9.17, 15) is 8.78 Å². The highest BCUT2D eigenvalue weighted by Gasteiger charge is 2.24. The highest BCUT2D eigenvalue weighted by molar-refractivity contribution is 5.20. The Labute approximate surface area is 102 Å². The number of rotatable bonds is 4. The van der Waals surface area contributed by atoms with Crippen molar-refractivity contribution in [2.24, 2.45) is 5.41 Å². The third kappa shape index (κ3) is 4.08. The fraction of sp³-hybridized carbons (Fsp3) is 0.571. The van der Waals surface area contributed by atoms with E-state index in [4.69, 9.17) is 0 Å². The summed E-state index contributed by atoms with van der Waals surface area (Å²) < 4.78 is 26.7. The summed E-state index contributed by atoms with van der Waals surface area (Å²) in [7, 11) is 0. The molecular formula is C14H21F2N. The molecule has 1 unspecified atom stereocenters. The summed E-state index contributed by atoms with van der Waals surface area (Å²) in [5.41, 5.74) is 0.445. The maximum atomic E-state index is 13.6. The van der Waals surface area contributed by atoms with E-state index in [1.807, 2.05) is 6.92 Å². The monoisotopic (exact) mass is 241 g/mol. The van der Waals surface area contributed by atoms with Crippen molar-refractivity contribution in [1.82, 2.24) is 5.32 Å². The van der Waals surface area contributed by atoms with Crippen molar-refractivity contribution in [1.29, 1.82) is 0 Å². The lowest BCUT2D eigenvalue weighted by Crippen LogP contribution is -2.42. The minimum absolute atomic E-state index is 0.00870. The number of nitrogens with one attached hydrogen (secondary N) is 1. The van der Waals surface area contributed by atoms with Gasteiger partial charge in [-0.05, 0) is 42.1 Å². The second-order valence-electron chi connectivity index (χ2n) is 5.42. The Morgan fingerprint density at radius 2 is 1.88 bits per heavy atom. The van der Waals surface area contributed by atoms with Gasteiger partial charge in [-0.1, -0.05) is 27.7 Å².